The van der Waals surface area contributed by atoms with Crippen LogP contribution in [0.15, 0.2) is 18.2 Å². The molecular formula is C13H16FNO2. The van der Waals surface area contributed by atoms with Crippen molar-refractivity contribution in [3.63, 3.8) is 0 Å². The van der Waals surface area contributed by atoms with Crippen LogP contribution in [0.3, 0.4) is 0 Å². The van der Waals surface area contributed by atoms with Gasteiger partial charge in [-0.15, -0.1) is 0 Å². The van der Waals surface area contributed by atoms with E-state index in [1.165, 1.54) is 18.2 Å². The normalized spacial score (nSPS) is 12.1. The summed E-state index contributed by atoms with van der Waals surface area (Å²) in [6.45, 7) is 5.13. The summed E-state index contributed by atoms with van der Waals surface area (Å²) >= 11 is 0. The number of nitrogens with zero attached hydrogens (tertiary/aromatic N) is 1. The van der Waals surface area contributed by atoms with Crippen LogP contribution >= 0.6 is 0 Å². The van der Waals surface area contributed by atoms with Crippen molar-refractivity contribution >= 4 is 0 Å². The van der Waals surface area contributed by atoms with Gasteiger partial charge in [0.25, 0.3) is 0 Å². The van der Waals surface area contributed by atoms with Crippen LogP contribution in [0.4, 0.5) is 4.39 Å². The average molecular weight is 237 g/mol. The third-order valence-corrected chi connectivity index (χ3v) is 2.27. The van der Waals surface area contributed by atoms with Crippen LogP contribution in [0.1, 0.15) is 25.0 Å². The molecule has 1 aromatic carbocycles. The van der Waals surface area contributed by atoms with Gasteiger partial charge < -0.3 is 9.47 Å². The largest absolute Gasteiger partial charge is 0.379 e. The van der Waals surface area contributed by atoms with Crippen LogP contribution in [0.25, 0.3) is 0 Å². The molecule has 92 valence electrons. The average Bonchev–Trinajstić information content (AvgIpc) is 2.34. The van der Waals surface area contributed by atoms with E-state index < -0.39 is 0 Å². The van der Waals surface area contributed by atoms with Gasteiger partial charge in [0.15, 0.2) is 0 Å². The van der Waals surface area contributed by atoms with Crippen molar-refractivity contribution in [3.05, 3.63) is 35.1 Å². The summed E-state index contributed by atoms with van der Waals surface area (Å²) in [4.78, 5) is 0. The fourth-order valence-corrected chi connectivity index (χ4v) is 1.35. The highest BCUT2D eigenvalue weighted by Gasteiger charge is 2.07. The summed E-state index contributed by atoms with van der Waals surface area (Å²) in [5.74, 6) is -0.361. The molecule has 0 saturated carbocycles. The van der Waals surface area contributed by atoms with Crippen LogP contribution in [-0.4, -0.2) is 19.3 Å². The van der Waals surface area contributed by atoms with Gasteiger partial charge in [-0.1, -0.05) is 0 Å². The summed E-state index contributed by atoms with van der Waals surface area (Å²) in [5.41, 5.74) is 1.01. The van der Waals surface area contributed by atoms with Crippen molar-refractivity contribution < 1.29 is 13.9 Å². The van der Waals surface area contributed by atoms with Crippen LogP contribution in [0.2, 0.25) is 0 Å². The Hall–Kier alpha value is -1.44. The highest BCUT2D eigenvalue weighted by atomic mass is 19.1. The molecule has 1 rings (SSSR count). The molecule has 0 aromatic heterocycles. The van der Waals surface area contributed by atoms with Gasteiger partial charge in [-0.25, -0.2) is 4.39 Å². The second-order valence-electron chi connectivity index (χ2n) is 3.69. The molecule has 0 aliphatic rings. The maximum atomic E-state index is 13.0. The van der Waals surface area contributed by atoms with Gasteiger partial charge in [-0.2, -0.15) is 5.26 Å². The summed E-state index contributed by atoms with van der Waals surface area (Å²) in [7, 11) is 0. The molecule has 3 nitrogen and oxygen atoms in total. The van der Waals surface area contributed by atoms with Crippen molar-refractivity contribution in [1.29, 1.82) is 5.26 Å². The molecule has 1 aromatic rings. The van der Waals surface area contributed by atoms with E-state index in [0.29, 0.717) is 24.3 Å². The number of hydrogen-bond donors (Lipinski definition) is 0. The van der Waals surface area contributed by atoms with Crippen LogP contribution in [0, 0.1) is 17.1 Å². The molecule has 0 amide bonds. The Morgan fingerprint density at radius 1 is 1.47 bits per heavy atom. The molecule has 0 aliphatic carbocycles. The molecule has 0 N–H and O–H groups in total. The SMILES string of the molecule is CCOCC(C)OCc1cc(F)ccc1C#N. The molecule has 1 atom stereocenters. The first-order valence-electron chi connectivity index (χ1n) is 5.55. The molecule has 0 bridgehead atoms. The van der Waals surface area contributed by atoms with Crippen molar-refractivity contribution in [2.24, 2.45) is 0 Å². The molecule has 0 saturated heterocycles. The van der Waals surface area contributed by atoms with E-state index in [4.69, 9.17) is 14.7 Å². The van der Waals surface area contributed by atoms with E-state index in [1.807, 2.05) is 19.9 Å². The number of rotatable bonds is 6. The molecule has 0 radical (unpaired) electrons. The minimum atomic E-state index is -0.361. The van der Waals surface area contributed by atoms with Gasteiger partial charge in [0.1, 0.15) is 5.82 Å². The first-order valence-corrected chi connectivity index (χ1v) is 5.55. The van der Waals surface area contributed by atoms with Crippen LogP contribution in [0.5, 0.6) is 0 Å². The molecule has 0 aliphatic heterocycles. The monoisotopic (exact) mass is 237 g/mol. The molecule has 0 heterocycles. The Kier molecular flexibility index (Phi) is 5.61. The third kappa shape index (κ3) is 4.51. The summed E-state index contributed by atoms with van der Waals surface area (Å²) in [5, 5.41) is 8.86. The van der Waals surface area contributed by atoms with Gasteiger partial charge in [-0.05, 0) is 37.6 Å². The number of ether oxygens (including phenoxy) is 2. The zero-order chi connectivity index (χ0) is 12.7. The van der Waals surface area contributed by atoms with Gasteiger partial charge in [-0.3, -0.25) is 0 Å². The standard InChI is InChI=1S/C13H16FNO2/c1-3-16-8-10(2)17-9-12-6-13(14)5-4-11(12)7-15/h4-6,10H,3,8-9H2,1-2H3. The minimum absolute atomic E-state index is 0.0789. The number of hydrogen-bond acceptors (Lipinski definition) is 3. The number of benzene rings is 1. The summed E-state index contributed by atoms with van der Waals surface area (Å²) < 4.78 is 23.7. The molecule has 17 heavy (non-hydrogen) atoms. The quantitative estimate of drug-likeness (QED) is 0.763. The maximum Gasteiger partial charge on any atom is 0.123 e. The van der Waals surface area contributed by atoms with Gasteiger partial charge >= 0.3 is 0 Å². The lowest BCUT2D eigenvalue weighted by Crippen LogP contribution is -2.16. The second kappa shape index (κ2) is 7.00. The van der Waals surface area contributed by atoms with Crippen molar-refractivity contribution in [3.8, 4) is 6.07 Å². The Labute approximate surface area is 101 Å². The van der Waals surface area contributed by atoms with Crippen molar-refractivity contribution in [2.45, 2.75) is 26.6 Å². The summed E-state index contributed by atoms with van der Waals surface area (Å²) in [6, 6.07) is 6.07. The zero-order valence-corrected chi connectivity index (χ0v) is 10.1. The first-order chi connectivity index (χ1) is 8.17. The molecular weight excluding hydrogens is 221 g/mol. The predicted molar refractivity (Wildman–Crippen MR) is 61.9 cm³/mol. The van der Waals surface area contributed by atoms with Crippen molar-refractivity contribution in [1.82, 2.24) is 0 Å². The second-order valence-corrected chi connectivity index (χ2v) is 3.69. The molecule has 4 heteroatoms. The van der Waals surface area contributed by atoms with Crippen molar-refractivity contribution in [2.75, 3.05) is 13.2 Å². The van der Waals surface area contributed by atoms with E-state index >= 15 is 0 Å². The lowest BCUT2D eigenvalue weighted by Gasteiger charge is -2.13. The van der Waals surface area contributed by atoms with E-state index in [1.54, 1.807) is 0 Å². The Balaban J connectivity index is 2.56. The molecule has 1 unspecified atom stereocenters. The van der Waals surface area contributed by atoms with E-state index in [2.05, 4.69) is 0 Å². The van der Waals surface area contributed by atoms with Gasteiger partial charge in [0.2, 0.25) is 0 Å². The van der Waals surface area contributed by atoms with E-state index in [9.17, 15) is 4.39 Å². The molecule has 0 fully saturated rings. The topological polar surface area (TPSA) is 42.2 Å². The third-order valence-electron chi connectivity index (χ3n) is 2.27. The first kappa shape index (κ1) is 13.6. The van der Waals surface area contributed by atoms with Crippen LogP contribution < -0.4 is 0 Å². The van der Waals surface area contributed by atoms with Gasteiger partial charge in [0.05, 0.1) is 31.0 Å². The zero-order valence-electron chi connectivity index (χ0n) is 10.1. The lowest BCUT2D eigenvalue weighted by molar-refractivity contribution is -0.0118. The summed E-state index contributed by atoms with van der Waals surface area (Å²) in [6.07, 6.45) is -0.0789. The number of halogens is 1. The smallest absolute Gasteiger partial charge is 0.123 e. The van der Waals surface area contributed by atoms with Gasteiger partial charge in [0, 0.05) is 6.61 Å². The van der Waals surface area contributed by atoms with Crippen LogP contribution in [-0.2, 0) is 16.1 Å². The fourth-order valence-electron chi connectivity index (χ4n) is 1.35. The Morgan fingerprint density at radius 2 is 2.24 bits per heavy atom. The predicted octanol–water partition coefficient (Wildman–Crippen LogP) is 2.64. The van der Waals surface area contributed by atoms with E-state index in [0.717, 1.165) is 0 Å². The Morgan fingerprint density at radius 3 is 2.88 bits per heavy atom. The highest BCUT2D eigenvalue weighted by Crippen LogP contribution is 2.12. The van der Waals surface area contributed by atoms with E-state index in [-0.39, 0.29) is 18.5 Å². The molecule has 0 spiro atoms. The lowest BCUT2D eigenvalue weighted by atomic mass is 10.1. The highest BCUT2D eigenvalue weighted by molar-refractivity contribution is 5.37. The minimum Gasteiger partial charge on any atom is -0.379 e. The fraction of sp³-hybridized carbons (Fsp3) is 0.462. The Bertz CT molecular complexity index is 401. The maximum absolute atomic E-state index is 13.0. The number of nitriles is 1.